The molecule has 2 aliphatic rings. The van der Waals surface area contributed by atoms with Crippen LogP contribution in [-0.4, -0.2) is 17.7 Å². The summed E-state index contributed by atoms with van der Waals surface area (Å²) in [6.07, 6.45) is 1.14. The summed E-state index contributed by atoms with van der Waals surface area (Å²) in [5, 5.41) is 3.45. The molecule has 1 fully saturated rings. The van der Waals surface area contributed by atoms with Crippen LogP contribution in [0.25, 0.3) is 11.1 Å². The van der Waals surface area contributed by atoms with E-state index >= 15 is 0 Å². The fraction of sp³-hybridized carbons (Fsp3) is 0.389. The Morgan fingerprint density at radius 1 is 1.22 bits per heavy atom. The van der Waals surface area contributed by atoms with Gasteiger partial charge in [0.05, 0.1) is 0 Å². The molecule has 2 aromatic rings. The first-order valence-electron chi connectivity index (χ1n) is 7.84. The first-order chi connectivity index (χ1) is 10.6. The third-order valence-electron chi connectivity index (χ3n) is 4.97. The smallest absolute Gasteiger partial charge is 0.251 e. The quantitative estimate of drug-likeness (QED) is 0.869. The van der Waals surface area contributed by atoms with Gasteiger partial charge in [-0.25, -0.2) is 4.39 Å². The second-order valence-corrected chi connectivity index (χ2v) is 6.53. The molecule has 23 heavy (non-hydrogen) atoms. The van der Waals surface area contributed by atoms with Gasteiger partial charge in [0.1, 0.15) is 5.82 Å². The maximum atomic E-state index is 13.6. The normalized spacial score (nSPS) is 22.2. The maximum Gasteiger partial charge on any atom is 0.251 e. The fourth-order valence-electron chi connectivity index (χ4n) is 3.86. The number of piperidine rings is 1. The van der Waals surface area contributed by atoms with Crippen molar-refractivity contribution in [3.05, 3.63) is 57.8 Å². The summed E-state index contributed by atoms with van der Waals surface area (Å²) in [7, 11) is 0. The van der Waals surface area contributed by atoms with Crippen molar-refractivity contribution in [1.82, 2.24) is 9.88 Å². The zero-order chi connectivity index (χ0) is 15.3. The molecule has 1 saturated heterocycles. The Hall–Kier alpha value is -1.65. The van der Waals surface area contributed by atoms with Crippen LogP contribution in [0.2, 0.25) is 0 Å². The Kier molecular flexibility index (Phi) is 4.30. The van der Waals surface area contributed by atoms with Gasteiger partial charge in [0.25, 0.3) is 5.56 Å². The average molecular weight is 335 g/mol. The van der Waals surface area contributed by atoms with Crippen molar-refractivity contribution in [3.8, 4) is 11.1 Å². The first kappa shape index (κ1) is 16.2. The van der Waals surface area contributed by atoms with Gasteiger partial charge in [-0.1, -0.05) is 6.07 Å². The highest BCUT2D eigenvalue weighted by Gasteiger charge is 2.31. The lowest BCUT2D eigenvalue weighted by molar-refractivity contribution is 0.257. The van der Waals surface area contributed by atoms with Crippen molar-refractivity contribution in [2.45, 2.75) is 25.8 Å². The number of nitrogens with zero attached hydrogens (tertiary/aromatic N) is 1. The molecule has 2 aliphatic heterocycles. The number of fused-ring (bicyclic) bond motifs is 4. The van der Waals surface area contributed by atoms with E-state index in [2.05, 4.69) is 11.4 Å². The van der Waals surface area contributed by atoms with Crippen LogP contribution in [0.5, 0.6) is 0 Å². The number of benzene rings is 1. The van der Waals surface area contributed by atoms with Gasteiger partial charge >= 0.3 is 0 Å². The second-order valence-electron chi connectivity index (χ2n) is 6.53. The predicted molar refractivity (Wildman–Crippen MR) is 91.8 cm³/mol. The number of nitrogens with one attached hydrogen (secondary N) is 1. The van der Waals surface area contributed by atoms with Gasteiger partial charge in [0.2, 0.25) is 0 Å². The van der Waals surface area contributed by atoms with Gasteiger partial charge < -0.3 is 9.88 Å². The summed E-state index contributed by atoms with van der Waals surface area (Å²) in [6, 6.07) is 8.47. The molecule has 4 rings (SSSR count). The minimum Gasteiger partial charge on any atom is -0.316 e. The molecule has 0 saturated carbocycles. The summed E-state index contributed by atoms with van der Waals surface area (Å²) < 4.78 is 15.5. The molecule has 1 N–H and O–H groups in total. The van der Waals surface area contributed by atoms with E-state index in [0.29, 0.717) is 11.8 Å². The van der Waals surface area contributed by atoms with Gasteiger partial charge in [-0.15, -0.1) is 12.4 Å². The molecule has 2 atom stereocenters. The third kappa shape index (κ3) is 2.81. The topological polar surface area (TPSA) is 34.0 Å². The predicted octanol–water partition coefficient (Wildman–Crippen LogP) is 3.09. The molecule has 5 heteroatoms. The van der Waals surface area contributed by atoms with Crippen LogP contribution >= 0.6 is 12.4 Å². The van der Waals surface area contributed by atoms with E-state index in [0.717, 1.165) is 48.4 Å². The molecule has 3 heterocycles. The van der Waals surface area contributed by atoms with Crippen LogP contribution < -0.4 is 10.9 Å². The Labute approximate surface area is 140 Å². The van der Waals surface area contributed by atoms with Crippen molar-refractivity contribution >= 4 is 12.4 Å². The van der Waals surface area contributed by atoms with E-state index in [-0.39, 0.29) is 23.8 Å². The molecule has 1 aromatic carbocycles. The summed E-state index contributed by atoms with van der Waals surface area (Å²) in [6.45, 7) is 4.65. The van der Waals surface area contributed by atoms with E-state index in [9.17, 15) is 9.18 Å². The minimum absolute atomic E-state index is 0. The molecule has 2 bridgehead atoms. The van der Waals surface area contributed by atoms with Crippen LogP contribution in [0.15, 0.2) is 35.1 Å². The van der Waals surface area contributed by atoms with Crippen LogP contribution in [-0.2, 0) is 6.54 Å². The number of halogens is 2. The van der Waals surface area contributed by atoms with E-state index in [1.54, 1.807) is 12.1 Å². The molecule has 0 spiro atoms. The van der Waals surface area contributed by atoms with Crippen molar-refractivity contribution < 1.29 is 4.39 Å². The Balaban J connectivity index is 0.00000156. The van der Waals surface area contributed by atoms with Gasteiger partial charge in [0, 0.05) is 30.8 Å². The van der Waals surface area contributed by atoms with Crippen LogP contribution in [0.1, 0.15) is 23.6 Å². The van der Waals surface area contributed by atoms with Crippen molar-refractivity contribution in [2.75, 3.05) is 13.1 Å². The number of hydrogen-bond acceptors (Lipinski definition) is 2. The summed E-state index contributed by atoms with van der Waals surface area (Å²) in [5.74, 6) is 0.664. The van der Waals surface area contributed by atoms with Crippen LogP contribution in [0, 0.1) is 18.7 Å². The highest BCUT2D eigenvalue weighted by atomic mass is 35.5. The second kappa shape index (κ2) is 6.10. The molecule has 3 nitrogen and oxygen atoms in total. The number of hydrogen-bond donors (Lipinski definition) is 1. The van der Waals surface area contributed by atoms with Gasteiger partial charge in [-0.2, -0.15) is 0 Å². The number of rotatable bonds is 1. The summed E-state index contributed by atoms with van der Waals surface area (Å²) >= 11 is 0. The molecule has 1 aromatic heterocycles. The SMILES string of the molecule is Cc1ccc(F)cc1-c1cc2n(c(=O)c1)C[C@@H]1CNC[C@H]2C1.Cl. The molecule has 0 unspecified atom stereocenters. The lowest BCUT2D eigenvalue weighted by Gasteiger charge is -2.37. The van der Waals surface area contributed by atoms with E-state index in [1.165, 1.54) is 12.1 Å². The van der Waals surface area contributed by atoms with E-state index in [1.807, 2.05) is 11.5 Å². The molecular weight excluding hydrogens is 315 g/mol. The van der Waals surface area contributed by atoms with Gasteiger partial charge in [0.15, 0.2) is 0 Å². The number of aryl methyl sites for hydroxylation is 1. The van der Waals surface area contributed by atoms with Crippen molar-refractivity contribution in [2.24, 2.45) is 5.92 Å². The van der Waals surface area contributed by atoms with Gasteiger partial charge in [-0.05, 0) is 60.7 Å². The zero-order valence-electron chi connectivity index (χ0n) is 13.0. The highest BCUT2D eigenvalue weighted by molar-refractivity contribution is 5.85. The van der Waals surface area contributed by atoms with Crippen LogP contribution in [0.3, 0.4) is 0 Å². The van der Waals surface area contributed by atoms with Crippen molar-refractivity contribution in [1.29, 1.82) is 0 Å². The highest BCUT2D eigenvalue weighted by Crippen LogP contribution is 2.34. The molecule has 0 aliphatic carbocycles. The average Bonchev–Trinajstić information content (AvgIpc) is 2.51. The van der Waals surface area contributed by atoms with Gasteiger partial charge in [-0.3, -0.25) is 4.79 Å². The Morgan fingerprint density at radius 3 is 2.87 bits per heavy atom. The molecule has 0 amide bonds. The lowest BCUT2D eigenvalue weighted by atomic mass is 9.83. The minimum atomic E-state index is -0.266. The zero-order valence-corrected chi connectivity index (χ0v) is 13.8. The van der Waals surface area contributed by atoms with Crippen LogP contribution in [0.4, 0.5) is 4.39 Å². The summed E-state index contributed by atoms with van der Waals surface area (Å²) in [5.41, 5.74) is 3.76. The fourth-order valence-corrected chi connectivity index (χ4v) is 3.86. The van der Waals surface area contributed by atoms with E-state index < -0.39 is 0 Å². The Morgan fingerprint density at radius 2 is 2.04 bits per heavy atom. The summed E-state index contributed by atoms with van der Waals surface area (Å²) in [4.78, 5) is 12.5. The molecular formula is C18H20ClFN2O. The standard InChI is InChI=1S/C18H19FN2O.ClH/c1-11-2-3-15(19)7-16(11)13-5-17-14-4-12(8-20-9-14)10-21(17)18(22)6-13;/h2-3,5-7,12,14,20H,4,8-10H2,1H3;1H/t12-,14+;/m0./s1. The van der Waals surface area contributed by atoms with Crippen molar-refractivity contribution in [3.63, 3.8) is 0 Å². The monoisotopic (exact) mass is 334 g/mol. The third-order valence-corrected chi connectivity index (χ3v) is 4.97. The molecule has 122 valence electrons. The maximum absolute atomic E-state index is 13.6. The number of aromatic nitrogens is 1. The number of pyridine rings is 1. The first-order valence-corrected chi connectivity index (χ1v) is 7.84. The lowest BCUT2D eigenvalue weighted by Crippen LogP contribution is -2.44. The Bertz CT molecular complexity index is 802. The molecule has 0 radical (unpaired) electrons. The largest absolute Gasteiger partial charge is 0.316 e. The van der Waals surface area contributed by atoms with E-state index in [4.69, 9.17) is 0 Å².